The Labute approximate surface area is 277 Å². The van der Waals surface area contributed by atoms with Gasteiger partial charge in [0, 0.05) is 30.7 Å². The number of carboxylic acid groups (broad SMARTS) is 1. The second-order valence-corrected chi connectivity index (χ2v) is 11.2. The first kappa shape index (κ1) is 37.0. The third kappa shape index (κ3) is 9.22. The van der Waals surface area contributed by atoms with Gasteiger partial charge in [0.15, 0.2) is 0 Å². The minimum atomic E-state index is -5.21. The van der Waals surface area contributed by atoms with Gasteiger partial charge in [-0.25, -0.2) is 8.78 Å². The molecule has 1 amide bonds. The van der Waals surface area contributed by atoms with Crippen LogP contribution < -0.4 is 10.1 Å². The highest BCUT2D eigenvalue weighted by Gasteiger charge is 2.45. The maximum atomic E-state index is 15.1. The predicted molar refractivity (Wildman–Crippen MR) is 158 cm³/mol. The van der Waals surface area contributed by atoms with Crippen LogP contribution in [0.3, 0.4) is 0 Å². The lowest BCUT2D eigenvalue weighted by atomic mass is 9.79. The van der Waals surface area contributed by atoms with Gasteiger partial charge in [-0.3, -0.25) is 14.6 Å². The van der Waals surface area contributed by atoms with Gasteiger partial charge in [-0.15, -0.1) is 0 Å². The van der Waals surface area contributed by atoms with E-state index in [2.05, 4.69) is 15.0 Å². The highest BCUT2D eigenvalue weighted by molar-refractivity contribution is 6.30. The van der Waals surface area contributed by atoms with Gasteiger partial charge < -0.3 is 15.2 Å². The molecular weight excluding hydrogens is 695 g/mol. The average Bonchev–Trinajstić information content (AvgIpc) is 3.00. The molecule has 0 aliphatic carbocycles. The van der Waals surface area contributed by atoms with E-state index in [9.17, 15) is 44.7 Å². The number of aliphatic carboxylic acids is 1. The zero-order valence-corrected chi connectivity index (χ0v) is 25.6. The molecule has 1 unspecified atom stereocenters. The van der Waals surface area contributed by atoms with Crippen LogP contribution in [0.15, 0.2) is 79.0 Å². The maximum absolute atomic E-state index is 15.1. The topological polar surface area (TPSA) is 88.5 Å². The summed E-state index contributed by atoms with van der Waals surface area (Å²) in [6, 6.07) is 12.1. The quantitative estimate of drug-likeness (QED) is 0.135. The number of halogens is 10. The number of nitrogens with zero attached hydrogens (tertiary/aromatic N) is 1. The second-order valence-electron chi connectivity index (χ2n) is 10.8. The molecule has 0 spiro atoms. The molecule has 4 rings (SSSR count). The molecule has 0 fully saturated rings. The summed E-state index contributed by atoms with van der Waals surface area (Å²) in [5, 5.41) is 11.6. The maximum Gasteiger partial charge on any atom is 0.461 e. The zero-order chi connectivity index (χ0) is 36.1. The van der Waals surface area contributed by atoms with Crippen molar-refractivity contribution >= 4 is 23.5 Å². The number of aryl methyl sites for hydroxylation is 1. The predicted octanol–water partition coefficient (Wildman–Crippen LogP) is 8.59. The van der Waals surface area contributed by atoms with Gasteiger partial charge >= 0.3 is 24.7 Å². The Morgan fingerprint density at radius 1 is 0.918 bits per heavy atom. The molecule has 16 heteroatoms. The summed E-state index contributed by atoms with van der Waals surface area (Å²) in [4.78, 5) is 29.0. The van der Waals surface area contributed by atoms with Crippen LogP contribution in [0.5, 0.6) is 5.75 Å². The van der Waals surface area contributed by atoms with Crippen LogP contribution in [0.25, 0.3) is 0 Å². The summed E-state index contributed by atoms with van der Waals surface area (Å²) in [6.45, 7) is 0. The number of hydrogen-bond donors (Lipinski definition) is 2. The number of aromatic nitrogens is 1. The Hall–Kier alpha value is -4.79. The average molecular weight is 719 g/mol. The first-order chi connectivity index (χ1) is 22.9. The number of carboxylic acids is 1. The van der Waals surface area contributed by atoms with Crippen LogP contribution in [0, 0.1) is 11.6 Å². The van der Waals surface area contributed by atoms with Crippen molar-refractivity contribution in [3.63, 3.8) is 0 Å². The summed E-state index contributed by atoms with van der Waals surface area (Å²) in [7, 11) is 0. The van der Waals surface area contributed by atoms with E-state index in [1.807, 2.05) is 0 Å². The van der Waals surface area contributed by atoms with Crippen molar-refractivity contribution in [3.05, 3.63) is 129 Å². The summed E-state index contributed by atoms with van der Waals surface area (Å²) in [6.07, 6.45) is -13.6. The lowest BCUT2D eigenvalue weighted by Gasteiger charge is -2.36. The molecule has 0 saturated heterocycles. The lowest BCUT2D eigenvalue weighted by Crippen LogP contribution is -2.49. The minimum Gasteiger partial charge on any atom is -0.481 e. The molecule has 0 radical (unpaired) electrons. The number of rotatable bonds is 13. The Morgan fingerprint density at radius 3 is 2.27 bits per heavy atom. The molecule has 1 heterocycles. The molecule has 49 heavy (non-hydrogen) atoms. The van der Waals surface area contributed by atoms with Crippen molar-refractivity contribution in [2.45, 2.75) is 49.9 Å². The smallest absolute Gasteiger partial charge is 0.461 e. The van der Waals surface area contributed by atoms with Crippen LogP contribution in [-0.4, -0.2) is 34.5 Å². The monoisotopic (exact) mass is 718 g/mol. The molecule has 2 N–H and O–H groups in total. The van der Waals surface area contributed by atoms with Crippen LogP contribution in [0.4, 0.5) is 39.5 Å². The van der Waals surface area contributed by atoms with E-state index in [4.69, 9.17) is 16.7 Å². The number of alkyl halides is 7. The minimum absolute atomic E-state index is 0.0672. The summed E-state index contributed by atoms with van der Waals surface area (Å²) in [5.41, 5.74) is -4.33. The van der Waals surface area contributed by atoms with Crippen LogP contribution in [0.2, 0.25) is 5.02 Å². The Kier molecular flexibility index (Phi) is 11.2. The molecule has 0 aliphatic heterocycles. The fourth-order valence-electron chi connectivity index (χ4n) is 5.01. The van der Waals surface area contributed by atoms with Gasteiger partial charge in [-0.2, -0.15) is 30.7 Å². The molecule has 0 saturated carbocycles. The standard InChI is InChI=1S/C33H24ClF9N2O4/c34-22-8-10-27(44-17-22)31(16-19-5-1-3-18(11-19)4-2-6-28(46)47,21-13-23(35)15-24(14-21)49-33(42,43)30(37)38)45-29(48)20-7-9-26(36)25(12-20)32(39,40)41/h1,3,5,7-15,17,30H,2,4,6,16H2,(H,45,48)(H,46,47). The van der Waals surface area contributed by atoms with E-state index < -0.39 is 76.6 Å². The molecule has 0 bridgehead atoms. The van der Waals surface area contributed by atoms with Crippen molar-refractivity contribution in [2.24, 2.45) is 0 Å². The van der Waals surface area contributed by atoms with E-state index in [1.54, 1.807) is 18.2 Å². The van der Waals surface area contributed by atoms with Gasteiger partial charge in [-0.1, -0.05) is 35.9 Å². The highest BCUT2D eigenvalue weighted by Crippen LogP contribution is 2.38. The largest absolute Gasteiger partial charge is 0.481 e. The number of benzene rings is 3. The van der Waals surface area contributed by atoms with Crippen molar-refractivity contribution < 1.29 is 58.9 Å². The highest BCUT2D eigenvalue weighted by atomic mass is 35.5. The molecule has 1 atom stereocenters. The van der Waals surface area contributed by atoms with Gasteiger partial charge in [0.2, 0.25) is 0 Å². The zero-order valence-electron chi connectivity index (χ0n) is 24.8. The summed E-state index contributed by atoms with van der Waals surface area (Å²) < 4.78 is 128. The number of amides is 1. The molecule has 4 aromatic rings. The SMILES string of the molecule is O=C(O)CCCc1cccc(CC(NC(=O)c2ccc(F)c(C(F)(F)F)c2)(c2cc(F)cc(OC(F)(F)C(F)F)c2)c2ccc(Cl)cn2)c1. The molecular formula is C33H24ClF9N2O4. The Morgan fingerprint density at radius 2 is 1.63 bits per heavy atom. The number of ether oxygens (including phenoxy) is 1. The van der Waals surface area contributed by atoms with E-state index in [0.717, 1.165) is 24.4 Å². The van der Waals surface area contributed by atoms with E-state index in [-0.39, 0.29) is 36.0 Å². The van der Waals surface area contributed by atoms with Gasteiger partial charge in [0.1, 0.15) is 22.9 Å². The third-order valence-electron chi connectivity index (χ3n) is 7.21. The van der Waals surface area contributed by atoms with Crippen molar-refractivity contribution in [2.75, 3.05) is 0 Å². The molecule has 3 aromatic carbocycles. The van der Waals surface area contributed by atoms with E-state index in [0.29, 0.717) is 23.3 Å². The van der Waals surface area contributed by atoms with Crippen molar-refractivity contribution in [1.29, 1.82) is 0 Å². The van der Waals surface area contributed by atoms with Crippen LogP contribution >= 0.6 is 11.6 Å². The number of pyridine rings is 1. The van der Waals surface area contributed by atoms with E-state index >= 15 is 4.39 Å². The molecule has 260 valence electrons. The summed E-state index contributed by atoms with van der Waals surface area (Å²) >= 11 is 6.02. The van der Waals surface area contributed by atoms with Crippen LogP contribution in [-0.2, 0) is 29.4 Å². The van der Waals surface area contributed by atoms with Gasteiger partial charge in [0.05, 0.1) is 16.3 Å². The fourth-order valence-corrected chi connectivity index (χ4v) is 5.13. The number of carbonyl (C=O) groups is 2. The number of hydrogen-bond acceptors (Lipinski definition) is 4. The Balaban J connectivity index is 1.95. The molecule has 1 aromatic heterocycles. The molecule has 6 nitrogen and oxygen atoms in total. The third-order valence-corrected chi connectivity index (χ3v) is 7.44. The fraction of sp³-hybridized carbons (Fsp3) is 0.242. The van der Waals surface area contributed by atoms with Gasteiger partial charge in [0.25, 0.3) is 5.91 Å². The first-order valence-electron chi connectivity index (χ1n) is 14.2. The van der Waals surface area contributed by atoms with Crippen molar-refractivity contribution in [3.8, 4) is 5.75 Å². The normalized spacial score (nSPS) is 13.2. The van der Waals surface area contributed by atoms with Crippen LogP contribution in [0.1, 0.15) is 51.1 Å². The second kappa shape index (κ2) is 14.8. The van der Waals surface area contributed by atoms with Crippen molar-refractivity contribution in [1.82, 2.24) is 10.3 Å². The van der Waals surface area contributed by atoms with Gasteiger partial charge in [-0.05, 0) is 72.0 Å². The molecule has 0 aliphatic rings. The lowest BCUT2D eigenvalue weighted by molar-refractivity contribution is -0.253. The number of nitrogens with one attached hydrogen (secondary N) is 1. The Bertz CT molecular complexity index is 1820. The number of carbonyl (C=O) groups excluding carboxylic acids is 1. The van der Waals surface area contributed by atoms with E-state index in [1.165, 1.54) is 18.2 Å². The summed E-state index contributed by atoms with van der Waals surface area (Å²) in [5.74, 6) is -6.40. The first-order valence-corrected chi connectivity index (χ1v) is 14.5.